The van der Waals surface area contributed by atoms with Crippen LogP contribution in [0.15, 0.2) is 56.1 Å². The van der Waals surface area contributed by atoms with Gasteiger partial charge in [0.25, 0.3) is 0 Å². The highest BCUT2D eigenvalue weighted by atomic mass is 13.9. The van der Waals surface area contributed by atoms with E-state index in [1.54, 1.807) is 6.08 Å². The van der Waals surface area contributed by atoms with Gasteiger partial charge in [-0.15, -0.1) is 19.7 Å². The Labute approximate surface area is 95.3 Å². The Balaban J connectivity index is 0. The minimum Gasteiger partial charge on any atom is -0.106 e. The molecule has 0 aromatic heterocycles. The molecule has 0 radical (unpaired) electrons. The minimum atomic E-state index is 1.23. The summed E-state index contributed by atoms with van der Waals surface area (Å²) in [4.78, 5) is 0. The van der Waals surface area contributed by atoms with Crippen molar-refractivity contribution in [3.8, 4) is 0 Å². The molecule has 0 amide bonds. The van der Waals surface area contributed by atoms with Crippen LogP contribution < -0.4 is 0 Å². The summed E-state index contributed by atoms with van der Waals surface area (Å²) in [6, 6.07) is 10.6. The maximum Gasteiger partial charge on any atom is -0.0279 e. The number of hydrogen-bond acceptors (Lipinski definition) is 0. The molecule has 1 rings (SSSR count). The van der Waals surface area contributed by atoms with Crippen LogP contribution in [-0.4, -0.2) is 0 Å². The standard InChI is InChI=1S/C10H14.C3H6.C2H4/c1-2-3-7-10-8-5-4-6-9-10;1-3-2;1-2/h4-6,8-9H,2-3,7H2,1H3;3H,1H2,2H3;1-2H2. The fraction of sp³-hybridized carbons (Fsp3) is 0.333. The molecule has 0 N–H and O–H groups in total. The van der Waals surface area contributed by atoms with Crippen LogP contribution in [0.2, 0.25) is 0 Å². The van der Waals surface area contributed by atoms with Crippen molar-refractivity contribution in [3.05, 3.63) is 61.7 Å². The summed E-state index contributed by atoms with van der Waals surface area (Å²) < 4.78 is 0. The smallest absolute Gasteiger partial charge is 0.0279 e. The number of allylic oxidation sites excluding steroid dienone is 1. The van der Waals surface area contributed by atoms with Crippen molar-refractivity contribution in [3.63, 3.8) is 0 Å². The van der Waals surface area contributed by atoms with Crippen LogP contribution in [0.25, 0.3) is 0 Å². The maximum atomic E-state index is 3.36. The molecule has 0 nitrogen and oxygen atoms in total. The first kappa shape index (κ1) is 16.1. The van der Waals surface area contributed by atoms with Gasteiger partial charge in [0.05, 0.1) is 0 Å². The van der Waals surface area contributed by atoms with Crippen molar-refractivity contribution in [2.24, 2.45) is 0 Å². The van der Waals surface area contributed by atoms with Crippen molar-refractivity contribution in [1.82, 2.24) is 0 Å². The molecule has 0 heteroatoms. The van der Waals surface area contributed by atoms with Crippen molar-refractivity contribution >= 4 is 0 Å². The molecule has 0 spiro atoms. The molecule has 0 saturated carbocycles. The lowest BCUT2D eigenvalue weighted by Gasteiger charge is -1.96. The Bertz CT molecular complexity index is 211. The summed E-state index contributed by atoms with van der Waals surface area (Å²) >= 11 is 0. The lowest BCUT2D eigenvalue weighted by Crippen LogP contribution is -1.81. The summed E-state index contributed by atoms with van der Waals surface area (Å²) in [7, 11) is 0. The molecule has 0 aliphatic heterocycles. The largest absolute Gasteiger partial charge is 0.106 e. The van der Waals surface area contributed by atoms with E-state index < -0.39 is 0 Å². The molecule has 0 aliphatic carbocycles. The van der Waals surface area contributed by atoms with E-state index in [1.807, 2.05) is 6.92 Å². The van der Waals surface area contributed by atoms with Gasteiger partial charge in [0.1, 0.15) is 0 Å². The van der Waals surface area contributed by atoms with Gasteiger partial charge in [-0.1, -0.05) is 49.8 Å². The Hall–Kier alpha value is -1.30. The molecule has 84 valence electrons. The Kier molecular flexibility index (Phi) is 16.3. The topological polar surface area (TPSA) is 0 Å². The van der Waals surface area contributed by atoms with Crippen LogP contribution in [0.3, 0.4) is 0 Å². The summed E-state index contributed by atoms with van der Waals surface area (Å²) in [6.07, 6.45) is 5.58. The molecular weight excluding hydrogens is 180 g/mol. The van der Waals surface area contributed by atoms with Gasteiger partial charge < -0.3 is 0 Å². The van der Waals surface area contributed by atoms with Gasteiger partial charge in [0.2, 0.25) is 0 Å². The van der Waals surface area contributed by atoms with E-state index in [0.717, 1.165) is 0 Å². The summed E-state index contributed by atoms with van der Waals surface area (Å²) in [6.45, 7) is 13.5. The highest BCUT2D eigenvalue weighted by Gasteiger charge is 1.87. The van der Waals surface area contributed by atoms with Gasteiger partial charge in [0, 0.05) is 0 Å². The van der Waals surface area contributed by atoms with Crippen LogP contribution in [-0.2, 0) is 6.42 Å². The third kappa shape index (κ3) is 12.7. The van der Waals surface area contributed by atoms with E-state index in [4.69, 9.17) is 0 Å². The molecule has 0 saturated heterocycles. The van der Waals surface area contributed by atoms with Crippen molar-refractivity contribution in [2.45, 2.75) is 33.1 Å². The molecule has 0 fully saturated rings. The summed E-state index contributed by atoms with van der Waals surface area (Å²) in [5, 5.41) is 0. The van der Waals surface area contributed by atoms with Crippen LogP contribution in [0, 0.1) is 0 Å². The van der Waals surface area contributed by atoms with Gasteiger partial charge in [-0.2, -0.15) is 0 Å². The zero-order valence-electron chi connectivity index (χ0n) is 10.2. The lowest BCUT2D eigenvalue weighted by atomic mass is 10.1. The van der Waals surface area contributed by atoms with E-state index in [0.29, 0.717) is 0 Å². The first-order valence-corrected chi connectivity index (χ1v) is 5.46. The minimum absolute atomic E-state index is 1.23. The highest BCUT2D eigenvalue weighted by Crippen LogP contribution is 2.03. The highest BCUT2D eigenvalue weighted by molar-refractivity contribution is 5.14. The van der Waals surface area contributed by atoms with Crippen molar-refractivity contribution in [1.29, 1.82) is 0 Å². The predicted octanol–water partition coefficient (Wildman–Crippen LogP) is 5.02. The molecule has 0 bridgehead atoms. The number of benzene rings is 1. The van der Waals surface area contributed by atoms with Gasteiger partial charge in [-0.25, -0.2) is 0 Å². The number of aryl methyl sites for hydroxylation is 1. The third-order valence-corrected chi connectivity index (χ3v) is 1.66. The summed E-state index contributed by atoms with van der Waals surface area (Å²) in [5.74, 6) is 0. The average molecular weight is 204 g/mol. The molecule has 15 heavy (non-hydrogen) atoms. The maximum absolute atomic E-state index is 3.36. The molecule has 1 aromatic rings. The first-order chi connectivity index (χ1) is 7.35. The van der Waals surface area contributed by atoms with Crippen molar-refractivity contribution < 1.29 is 0 Å². The SMILES string of the molecule is C=C.C=CC.CCCCc1ccccc1. The average Bonchev–Trinajstić information content (AvgIpc) is 2.31. The Morgan fingerprint density at radius 2 is 1.60 bits per heavy atom. The third-order valence-electron chi connectivity index (χ3n) is 1.66. The number of rotatable bonds is 3. The van der Waals surface area contributed by atoms with Crippen molar-refractivity contribution in [2.75, 3.05) is 0 Å². The quantitative estimate of drug-likeness (QED) is 0.606. The molecular formula is C15H24. The number of unbranched alkanes of at least 4 members (excludes halogenated alkanes) is 1. The van der Waals surface area contributed by atoms with Crippen LogP contribution in [0.4, 0.5) is 0 Å². The van der Waals surface area contributed by atoms with Crippen LogP contribution >= 0.6 is 0 Å². The van der Waals surface area contributed by atoms with E-state index in [9.17, 15) is 0 Å². The fourth-order valence-corrected chi connectivity index (χ4v) is 1.03. The second-order valence-corrected chi connectivity index (χ2v) is 3.00. The lowest BCUT2D eigenvalue weighted by molar-refractivity contribution is 0.795. The molecule has 0 atom stereocenters. The first-order valence-electron chi connectivity index (χ1n) is 5.46. The Morgan fingerprint density at radius 1 is 1.13 bits per heavy atom. The van der Waals surface area contributed by atoms with Gasteiger partial charge in [-0.3, -0.25) is 0 Å². The normalized spacial score (nSPS) is 7.60. The summed E-state index contributed by atoms with van der Waals surface area (Å²) in [5.41, 5.74) is 1.46. The second-order valence-electron chi connectivity index (χ2n) is 3.00. The van der Waals surface area contributed by atoms with Crippen LogP contribution in [0.5, 0.6) is 0 Å². The molecule has 0 unspecified atom stereocenters. The van der Waals surface area contributed by atoms with Gasteiger partial charge in [-0.05, 0) is 25.3 Å². The van der Waals surface area contributed by atoms with Gasteiger partial charge >= 0.3 is 0 Å². The van der Waals surface area contributed by atoms with E-state index >= 15 is 0 Å². The molecule has 0 heterocycles. The molecule has 1 aromatic carbocycles. The number of hydrogen-bond donors (Lipinski definition) is 0. The van der Waals surface area contributed by atoms with Crippen LogP contribution in [0.1, 0.15) is 32.3 Å². The second kappa shape index (κ2) is 15.2. The molecule has 0 aliphatic rings. The van der Waals surface area contributed by atoms with E-state index in [-0.39, 0.29) is 0 Å². The monoisotopic (exact) mass is 204 g/mol. The fourth-order valence-electron chi connectivity index (χ4n) is 1.03. The zero-order chi connectivity index (χ0) is 11.9. The van der Waals surface area contributed by atoms with Gasteiger partial charge in [0.15, 0.2) is 0 Å². The Morgan fingerprint density at radius 3 is 2.00 bits per heavy atom. The predicted molar refractivity (Wildman–Crippen MR) is 72.2 cm³/mol. The van der Waals surface area contributed by atoms with E-state index in [1.165, 1.54) is 24.8 Å². The zero-order valence-corrected chi connectivity index (χ0v) is 10.2. The van der Waals surface area contributed by atoms with E-state index in [2.05, 4.69) is 57.0 Å².